The van der Waals surface area contributed by atoms with Crippen LogP contribution >= 0.6 is 6.49 Å². The summed E-state index contributed by atoms with van der Waals surface area (Å²) in [6.07, 6.45) is 2.52. The van der Waals surface area contributed by atoms with Crippen molar-refractivity contribution >= 4 is 18.3 Å². The molecule has 10 heavy (non-hydrogen) atoms. The van der Waals surface area contributed by atoms with Crippen LogP contribution in [0.25, 0.3) is 0 Å². The van der Waals surface area contributed by atoms with E-state index in [1.54, 1.807) is 0 Å². The molecule has 0 aliphatic carbocycles. The van der Waals surface area contributed by atoms with Gasteiger partial charge in [0.25, 0.3) is 0 Å². The molecule has 3 nitrogen and oxygen atoms in total. The highest BCUT2D eigenvalue weighted by Crippen LogP contribution is 2.36. The van der Waals surface area contributed by atoms with E-state index in [4.69, 9.17) is 9.79 Å². The molecule has 0 aromatic rings. The van der Waals surface area contributed by atoms with E-state index in [0.717, 1.165) is 19.4 Å². The maximum atomic E-state index is 8.92. The average Bonchev–Trinajstić information content (AvgIpc) is 2.12. The van der Waals surface area contributed by atoms with E-state index in [-0.39, 0.29) is 6.04 Å². The summed E-state index contributed by atoms with van der Waals surface area (Å²) < 4.78 is 0. The topological polar surface area (TPSA) is 52.5 Å². The van der Waals surface area contributed by atoms with Gasteiger partial charge in [-0.25, -0.2) is 0 Å². The molecule has 0 amide bonds. The standard InChI is InChI=1S/C5H12NO2PS/c7-9(8,10)4-5-2-1-3-6-5/h5-6H,1-4H2,(H2,7,8,10)/t5-/m0/s1. The molecule has 60 valence electrons. The van der Waals surface area contributed by atoms with Crippen molar-refractivity contribution in [3.05, 3.63) is 0 Å². The van der Waals surface area contributed by atoms with Gasteiger partial charge in [0.2, 0.25) is 0 Å². The first-order valence-electron chi connectivity index (χ1n) is 3.36. The Morgan fingerprint density at radius 2 is 2.30 bits per heavy atom. The van der Waals surface area contributed by atoms with Gasteiger partial charge in [0.15, 0.2) is 6.49 Å². The fourth-order valence-corrected chi connectivity index (χ4v) is 2.63. The molecule has 0 radical (unpaired) electrons. The average molecular weight is 181 g/mol. The van der Waals surface area contributed by atoms with Crippen molar-refractivity contribution < 1.29 is 9.79 Å². The first-order valence-corrected chi connectivity index (χ1v) is 6.25. The van der Waals surface area contributed by atoms with Crippen molar-refractivity contribution in [2.24, 2.45) is 0 Å². The normalized spacial score (nSPS) is 27.2. The lowest BCUT2D eigenvalue weighted by Gasteiger charge is -2.12. The second-order valence-corrected chi connectivity index (χ2v) is 6.09. The smallest absolute Gasteiger partial charge is 0.185 e. The van der Waals surface area contributed by atoms with Crippen molar-refractivity contribution in [2.45, 2.75) is 18.9 Å². The van der Waals surface area contributed by atoms with Crippen molar-refractivity contribution in [3.8, 4) is 0 Å². The molecule has 0 bridgehead atoms. The van der Waals surface area contributed by atoms with Crippen molar-refractivity contribution in [1.82, 2.24) is 5.32 Å². The molecule has 5 heteroatoms. The van der Waals surface area contributed by atoms with Crippen LogP contribution in [-0.4, -0.2) is 28.5 Å². The molecule has 1 saturated heterocycles. The Balaban J connectivity index is 2.31. The Morgan fingerprint density at radius 3 is 2.70 bits per heavy atom. The zero-order chi connectivity index (χ0) is 7.61. The summed E-state index contributed by atoms with van der Waals surface area (Å²) in [7, 11) is 0. The van der Waals surface area contributed by atoms with E-state index >= 15 is 0 Å². The highest BCUT2D eigenvalue weighted by atomic mass is 32.5. The third-order valence-corrected chi connectivity index (χ3v) is 2.98. The van der Waals surface area contributed by atoms with Gasteiger partial charge in [0.05, 0.1) is 0 Å². The molecule has 0 spiro atoms. The van der Waals surface area contributed by atoms with E-state index in [9.17, 15) is 0 Å². The lowest BCUT2D eigenvalue weighted by atomic mass is 10.3. The molecule has 1 rings (SSSR count). The van der Waals surface area contributed by atoms with Gasteiger partial charge in [-0.3, -0.25) is 0 Å². The van der Waals surface area contributed by atoms with E-state index in [1.807, 2.05) is 0 Å². The quantitative estimate of drug-likeness (QED) is 0.526. The second kappa shape index (κ2) is 3.28. The summed E-state index contributed by atoms with van der Waals surface area (Å²) in [5.74, 6) is 0. The minimum Gasteiger partial charge on any atom is -0.345 e. The predicted octanol–water partition coefficient (Wildman–Crippen LogP) is 0.0325. The number of hydrogen-bond donors (Lipinski definition) is 3. The summed E-state index contributed by atoms with van der Waals surface area (Å²) in [5, 5.41) is 3.15. The Morgan fingerprint density at radius 1 is 1.60 bits per heavy atom. The molecule has 0 aromatic heterocycles. The number of hydrogen-bond acceptors (Lipinski definition) is 2. The summed E-state index contributed by atoms with van der Waals surface area (Å²) in [5.41, 5.74) is 0. The minimum atomic E-state index is -2.94. The van der Waals surface area contributed by atoms with Gasteiger partial charge in [-0.15, -0.1) is 0 Å². The van der Waals surface area contributed by atoms with Crippen molar-refractivity contribution in [2.75, 3.05) is 12.7 Å². The van der Waals surface area contributed by atoms with Gasteiger partial charge in [0.1, 0.15) is 0 Å². The van der Waals surface area contributed by atoms with Gasteiger partial charge in [0, 0.05) is 12.2 Å². The second-order valence-electron chi connectivity index (χ2n) is 2.64. The number of nitrogens with one attached hydrogen (secondary N) is 1. The molecule has 1 heterocycles. The molecule has 0 unspecified atom stereocenters. The van der Waals surface area contributed by atoms with Crippen LogP contribution in [0.5, 0.6) is 0 Å². The highest BCUT2D eigenvalue weighted by molar-refractivity contribution is 8.09. The van der Waals surface area contributed by atoms with Crippen LogP contribution in [0.4, 0.5) is 0 Å². The molecule has 1 aliphatic rings. The molecular formula is C5H12NO2PS. The monoisotopic (exact) mass is 181 g/mol. The highest BCUT2D eigenvalue weighted by Gasteiger charge is 2.20. The molecule has 1 fully saturated rings. The molecule has 3 N–H and O–H groups in total. The summed E-state index contributed by atoms with van der Waals surface area (Å²) in [4.78, 5) is 17.8. The molecule has 0 aromatic carbocycles. The molecular weight excluding hydrogens is 169 g/mol. The van der Waals surface area contributed by atoms with Crippen molar-refractivity contribution in [3.63, 3.8) is 0 Å². The van der Waals surface area contributed by atoms with Crippen molar-refractivity contribution in [1.29, 1.82) is 0 Å². The number of rotatable bonds is 2. The van der Waals surface area contributed by atoms with E-state index in [2.05, 4.69) is 17.1 Å². The Kier molecular flexibility index (Phi) is 2.83. The van der Waals surface area contributed by atoms with Crippen LogP contribution in [0, 0.1) is 0 Å². The summed E-state index contributed by atoms with van der Waals surface area (Å²) in [6.45, 7) is -1.96. The minimum absolute atomic E-state index is 0.251. The fourth-order valence-electron chi connectivity index (χ4n) is 1.20. The third kappa shape index (κ3) is 3.08. The molecule has 0 saturated carbocycles. The first kappa shape index (κ1) is 8.62. The Labute approximate surface area is 65.6 Å². The zero-order valence-electron chi connectivity index (χ0n) is 5.66. The largest absolute Gasteiger partial charge is 0.345 e. The van der Waals surface area contributed by atoms with Crippen LogP contribution in [0.3, 0.4) is 0 Å². The van der Waals surface area contributed by atoms with Crippen LogP contribution in [0.1, 0.15) is 12.8 Å². The summed E-state index contributed by atoms with van der Waals surface area (Å²) in [6, 6.07) is 0.251. The van der Waals surface area contributed by atoms with Gasteiger partial charge in [-0.2, -0.15) is 0 Å². The van der Waals surface area contributed by atoms with Crippen LogP contribution in [-0.2, 0) is 11.8 Å². The molecule has 1 aliphatic heterocycles. The van der Waals surface area contributed by atoms with Gasteiger partial charge in [-0.1, -0.05) is 0 Å². The van der Waals surface area contributed by atoms with Crippen LogP contribution in [0.2, 0.25) is 0 Å². The van der Waals surface area contributed by atoms with Gasteiger partial charge >= 0.3 is 0 Å². The third-order valence-electron chi connectivity index (χ3n) is 1.62. The maximum Gasteiger partial charge on any atom is 0.185 e. The van der Waals surface area contributed by atoms with Crippen LogP contribution < -0.4 is 5.32 Å². The van der Waals surface area contributed by atoms with Crippen LogP contribution in [0.15, 0.2) is 0 Å². The lowest BCUT2D eigenvalue weighted by Crippen LogP contribution is -2.24. The van der Waals surface area contributed by atoms with E-state index in [0.29, 0.717) is 6.16 Å². The fraction of sp³-hybridized carbons (Fsp3) is 1.00. The SMILES string of the molecule is OP(O)(=S)C[C@@H]1CCCN1. The Bertz CT molecular complexity index is 152. The Hall–Kier alpha value is 0.530. The van der Waals surface area contributed by atoms with Gasteiger partial charge in [-0.05, 0) is 31.2 Å². The first-order chi connectivity index (χ1) is 4.58. The molecule has 1 atom stereocenters. The predicted molar refractivity (Wildman–Crippen MR) is 44.6 cm³/mol. The summed E-state index contributed by atoms with van der Waals surface area (Å²) >= 11 is 4.50. The maximum absolute atomic E-state index is 8.92. The van der Waals surface area contributed by atoms with Gasteiger partial charge < -0.3 is 15.1 Å². The lowest BCUT2D eigenvalue weighted by molar-refractivity contribution is 0.467. The van der Waals surface area contributed by atoms with E-state index in [1.165, 1.54) is 0 Å². The van der Waals surface area contributed by atoms with E-state index < -0.39 is 6.49 Å². The zero-order valence-corrected chi connectivity index (χ0v) is 7.37.